The van der Waals surface area contributed by atoms with Crippen molar-refractivity contribution in [1.29, 1.82) is 0 Å². The van der Waals surface area contributed by atoms with E-state index in [4.69, 9.17) is 22.1 Å². The molecule has 1 saturated carbocycles. The van der Waals surface area contributed by atoms with Gasteiger partial charge in [0.25, 0.3) is 5.91 Å². The summed E-state index contributed by atoms with van der Waals surface area (Å²) in [4.78, 5) is 13.8. The van der Waals surface area contributed by atoms with Crippen LogP contribution in [0.3, 0.4) is 0 Å². The number of rotatable bonds is 5. The smallest absolute Gasteiger partial charge is 0.260 e. The Bertz CT molecular complexity index is 447. The normalized spacial score (nSPS) is 14.3. The second kappa shape index (κ2) is 5.48. The van der Waals surface area contributed by atoms with Gasteiger partial charge in [0, 0.05) is 24.3 Å². The van der Waals surface area contributed by atoms with Crippen molar-refractivity contribution in [2.24, 2.45) is 0 Å². The van der Waals surface area contributed by atoms with Gasteiger partial charge in [0.15, 0.2) is 6.61 Å². The second-order valence-electron chi connectivity index (χ2n) is 4.39. The number of amides is 1. The first-order valence-electron chi connectivity index (χ1n) is 6.09. The van der Waals surface area contributed by atoms with Crippen molar-refractivity contribution >= 4 is 23.2 Å². The van der Waals surface area contributed by atoms with E-state index in [-0.39, 0.29) is 12.5 Å². The minimum atomic E-state index is -0.00140. The van der Waals surface area contributed by atoms with Gasteiger partial charge in [-0.2, -0.15) is 0 Å². The molecule has 0 unspecified atom stereocenters. The number of carbonyl (C=O) groups excluding carboxylic acids is 1. The molecule has 0 bridgehead atoms. The van der Waals surface area contributed by atoms with Crippen molar-refractivity contribution in [3.8, 4) is 5.75 Å². The van der Waals surface area contributed by atoms with Gasteiger partial charge in [0.05, 0.1) is 5.02 Å². The number of hydrogen-bond acceptors (Lipinski definition) is 3. The van der Waals surface area contributed by atoms with Crippen molar-refractivity contribution in [3.05, 3.63) is 23.2 Å². The zero-order valence-corrected chi connectivity index (χ0v) is 11.1. The summed E-state index contributed by atoms with van der Waals surface area (Å²) in [6.45, 7) is 2.70. The molecule has 4 nitrogen and oxygen atoms in total. The molecule has 2 N–H and O–H groups in total. The molecule has 1 amide bonds. The maximum absolute atomic E-state index is 12.0. The largest absolute Gasteiger partial charge is 0.482 e. The Balaban J connectivity index is 1.94. The molecular weight excluding hydrogens is 252 g/mol. The van der Waals surface area contributed by atoms with E-state index in [0.717, 1.165) is 19.4 Å². The van der Waals surface area contributed by atoms with Crippen LogP contribution in [0, 0.1) is 0 Å². The average Bonchev–Trinajstić information content (AvgIpc) is 3.16. The monoisotopic (exact) mass is 268 g/mol. The minimum absolute atomic E-state index is 0.00140. The van der Waals surface area contributed by atoms with E-state index in [9.17, 15) is 4.79 Å². The number of carbonyl (C=O) groups is 1. The van der Waals surface area contributed by atoms with E-state index >= 15 is 0 Å². The molecule has 0 atom stereocenters. The summed E-state index contributed by atoms with van der Waals surface area (Å²) in [7, 11) is 0. The van der Waals surface area contributed by atoms with Crippen molar-refractivity contribution in [3.63, 3.8) is 0 Å². The van der Waals surface area contributed by atoms with Crippen LogP contribution in [0.2, 0.25) is 5.02 Å². The molecule has 18 heavy (non-hydrogen) atoms. The number of benzene rings is 1. The van der Waals surface area contributed by atoms with Crippen molar-refractivity contribution < 1.29 is 9.53 Å². The molecule has 1 fully saturated rings. The molecule has 0 aliphatic heterocycles. The molecule has 0 spiro atoms. The SMILES string of the molecule is CCN(C(=O)COc1cc(N)ccc1Cl)C1CC1. The summed E-state index contributed by atoms with van der Waals surface area (Å²) >= 11 is 5.96. The van der Waals surface area contributed by atoms with E-state index in [0.29, 0.717) is 22.5 Å². The van der Waals surface area contributed by atoms with Gasteiger partial charge in [-0.05, 0) is 31.9 Å². The number of anilines is 1. The number of ether oxygens (including phenoxy) is 1. The van der Waals surface area contributed by atoms with Crippen LogP contribution in [-0.4, -0.2) is 30.0 Å². The Morgan fingerprint density at radius 3 is 2.89 bits per heavy atom. The molecule has 0 aromatic heterocycles. The second-order valence-corrected chi connectivity index (χ2v) is 4.80. The summed E-state index contributed by atoms with van der Waals surface area (Å²) in [6, 6.07) is 5.39. The van der Waals surface area contributed by atoms with Gasteiger partial charge >= 0.3 is 0 Å². The molecule has 5 heteroatoms. The topological polar surface area (TPSA) is 55.6 Å². The first-order chi connectivity index (χ1) is 8.61. The van der Waals surface area contributed by atoms with Gasteiger partial charge in [-0.25, -0.2) is 0 Å². The number of hydrogen-bond donors (Lipinski definition) is 1. The Morgan fingerprint density at radius 1 is 1.56 bits per heavy atom. The van der Waals surface area contributed by atoms with Crippen molar-refractivity contribution in [2.45, 2.75) is 25.8 Å². The lowest BCUT2D eigenvalue weighted by atomic mass is 10.3. The maximum atomic E-state index is 12.0. The predicted octanol–water partition coefficient (Wildman–Crippen LogP) is 2.31. The van der Waals surface area contributed by atoms with E-state index in [1.54, 1.807) is 18.2 Å². The fraction of sp³-hybridized carbons (Fsp3) is 0.462. The highest BCUT2D eigenvalue weighted by molar-refractivity contribution is 6.32. The zero-order chi connectivity index (χ0) is 13.1. The van der Waals surface area contributed by atoms with Gasteiger partial charge in [-0.15, -0.1) is 0 Å². The molecule has 0 radical (unpaired) electrons. The number of nitrogen functional groups attached to an aromatic ring is 1. The third-order valence-electron chi connectivity index (χ3n) is 2.96. The highest BCUT2D eigenvalue weighted by atomic mass is 35.5. The predicted molar refractivity (Wildman–Crippen MR) is 71.8 cm³/mol. The number of likely N-dealkylation sites (N-methyl/N-ethyl adjacent to an activating group) is 1. The summed E-state index contributed by atoms with van der Waals surface area (Å²) in [5, 5.41) is 0.464. The van der Waals surface area contributed by atoms with Crippen LogP contribution in [0.25, 0.3) is 0 Å². The lowest BCUT2D eigenvalue weighted by molar-refractivity contribution is -0.133. The van der Waals surface area contributed by atoms with Crippen LogP contribution in [-0.2, 0) is 4.79 Å². The molecule has 1 aliphatic carbocycles. The Kier molecular flexibility index (Phi) is 3.97. The summed E-state index contributed by atoms with van der Waals surface area (Å²) in [6.07, 6.45) is 2.19. The lowest BCUT2D eigenvalue weighted by Crippen LogP contribution is -2.36. The van der Waals surface area contributed by atoms with Gasteiger partial charge in [-0.1, -0.05) is 11.6 Å². The molecule has 0 heterocycles. The number of halogens is 1. The van der Waals surface area contributed by atoms with Crippen LogP contribution >= 0.6 is 11.6 Å². The molecule has 1 aliphatic rings. The van der Waals surface area contributed by atoms with E-state index in [2.05, 4.69) is 0 Å². The number of nitrogens with zero attached hydrogens (tertiary/aromatic N) is 1. The van der Waals surface area contributed by atoms with Gasteiger partial charge in [-0.3, -0.25) is 4.79 Å². The van der Waals surface area contributed by atoms with Crippen LogP contribution in [0.1, 0.15) is 19.8 Å². The van der Waals surface area contributed by atoms with E-state index < -0.39 is 0 Å². The Morgan fingerprint density at radius 2 is 2.28 bits per heavy atom. The van der Waals surface area contributed by atoms with E-state index in [1.165, 1.54) is 0 Å². The summed E-state index contributed by atoms with van der Waals surface area (Å²) in [5.41, 5.74) is 6.21. The molecule has 0 saturated heterocycles. The fourth-order valence-corrected chi connectivity index (χ4v) is 2.05. The third-order valence-corrected chi connectivity index (χ3v) is 3.27. The Labute approximate surface area is 112 Å². The average molecular weight is 269 g/mol. The molecule has 1 aromatic rings. The van der Waals surface area contributed by atoms with E-state index in [1.807, 2.05) is 11.8 Å². The zero-order valence-electron chi connectivity index (χ0n) is 10.4. The highest BCUT2D eigenvalue weighted by Gasteiger charge is 2.31. The number of nitrogens with two attached hydrogens (primary N) is 1. The molecule has 2 rings (SSSR count). The first kappa shape index (κ1) is 13.0. The van der Waals surface area contributed by atoms with Crippen LogP contribution < -0.4 is 10.5 Å². The maximum Gasteiger partial charge on any atom is 0.260 e. The van der Waals surface area contributed by atoms with Crippen LogP contribution in [0.15, 0.2) is 18.2 Å². The molecule has 98 valence electrons. The van der Waals surface area contributed by atoms with Gasteiger partial charge in [0.2, 0.25) is 0 Å². The van der Waals surface area contributed by atoms with Crippen molar-refractivity contribution in [2.75, 3.05) is 18.9 Å². The fourth-order valence-electron chi connectivity index (χ4n) is 1.88. The summed E-state index contributed by atoms with van der Waals surface area (Å²) in [5.74, 6) is 0.454. The standard InChI is InChI=1S/C13H17ClN2O2/c1-2-16(10-4-5-10)13(17)8-18-12-7-9(15)3-6-11(12)14/h3,6-7,10H,2,4-5,8,15H2,1H3. The quantitative estimate of drug-likeness (QED) is 0.834. The minimum Gasteiger partial charge on any atom is -0.482 e. The summed E-state index contributed by atoms with van der Waals surface area (Å²) < 4.78 is 5.44. The Hall–Kier alpha value is -1.42. The highest BCUT2D eigenvalue weighted by Crippen LogP contribution is 2.28. The van der Waals surface area contributed by atoms with Gasteiger partial charge in [0.1, 0.15) is 5.75 Å². The van der Waals surface area contributed by atoms with Crippen LogP contribution in [0.5, 0.6) is 5.75 Å². The van der Waals surface area contributed by atoms with Crippen molar-refractivity contribution in [1.82, 2.24) is 4.90 Å². The first-order valence-corrected chi connectivity index (χ1v) is 6.47. The third kappa shape index (κ3) is 3.07. The molecular formula is C13H17ClN2O2. The lowest BCUT2D eigenvalue weighted by Gasteiger charge is -2.20. The molecule has 1 aromatic carbocycles. The van der Waals surface area contributed by atoms with Gasteiger partial charge < -0.3 is 15.4 Å². The van der Waals surface area contributed by atoms with Crippen LogP contribution in [0.4, 0.5) is 5.69 Å².